The van der Waals surface area contributed by atoms with E-state index in [1.165, 1.54) is 0 Å². The molecule has 1 rings (SSSR count). The Morgan fingerprint density at radius 2 is 1.92 bits per heavy atom. The van der Waals surface area contributed by atoms with Crippen LogP contribution in [0.25, 0.3) is 0 Å². The molecule has 0 saturated heterocycles. The fraction of sp³-hybridized carbons (Fsp3) is 0.833. The van der Waals surface area contributed by atoms with E-state index in [1.54, 1.807) is 0 Å². The predicted molar refractivity (Wildman–Crippen MR) is 45.2 cm³/mol. The van der Waals surface area contributed by atoms with Crippen molar-refractivity contribution in [1.82, 2.24) is 4.90 Å². The predicted octanol–water partition coefficient (Wildman–Crippen LogP) is 1.13. The molecule has 0 aliphatic carbocycles. The SMILES string of the molecule is CN(C)CCCN=C1N=NN=N1. The van der Waals surface area contributed by atoms with Gasteiger partial charge in [0.15, 0.2) is 0 Å². The zero-order valence-electron chi connectivity index (χ0n) is 7.30. The lowest BCUT2D eigenvalue weighted by Gasteiger charge is -2.06. The third-order valence-electron chi connectivity index (χ3n) is 1.32. The molecule has 6 nitrogen and oxygen atoms in total. The molecule has 0 aromatic heterocycles. The van der Waals surface area contributed by atoms with Crippen LogP contribution in [0.2, 0.25) is 0 Å². The van der Waals surface area contributed by atoms with Crippen molar-refractivity contribution in [3.05, 3.63) is 0 Å². The number of nitrogens with zero attached hydrogens (tertiary/aromatic N) is 6. The number of rotatable bonds is 4. The van der Waals surface area contributed by atoms with Gasteiger partial charge in [-0.05, 0) is 37.5 Å². The largest absolute Gasteiger partial charge is 0.309 e. The second kappa shape index (κ2) is 4.66. The molecule has 0 bridgehead atoms. The van der Waals surface area contributed by atoms with Crippen LogP contribution in [0.3, 0.4) is 0 Å². The van der Waals surface area contributed by atoms with Crippen LogP contribution in [0.15, 0.2) is 25.7 Å². The van der Waals surface area contributed by atoms with Crippen LogP contribution >= 0.6 is 0 Å². The summed E-state index contributed by atoms with van der Waals surface area (Å²) in [6.45, 7) is 1.75. The highest BCUT2D eigenvalue weighted by Gasteiger charge is 1.98. The first-order chi connectivity index (χ1) is 5.79. The van der Waals surface area contributed by atoms with Crippen molar-refractivity contribution in [2.24, 2.45) is 25.7 Å². The second-order valence-electron chi connectivity index (χ2n) is 2.72. The lowest BCUT2D eigenvalue weighted by Crippen LogP contribution is -2.13. The van der Waals surface area contributed by atoms with Gasteiger partial charge in [-0.3, -0.25) is 0 Å². The summed E-state index contributed by atoms with van der Waals surface area (Å²) in [5.74, 6) is 0.383. The third-order valence-corrected chi connectivity index (χ3v) is 1.32. The van der Waals surface area contributed by atoms with Crippen LogP contribution < -0.4 is 0 Å². The molecule has 66 valence electrons. The van der Waals surface area contributed by atoms with E-state index in [1.807, 2.05) is 14.1 Å². The summed E-state index contributed by atoms with van der Waals surface area (Å²) in [5, 5.41) is 13.8. The summed E-state index contributed by atoms with van der Waals surface area (Å²) < 4.78 is 0. The Hall–Kier alpha value is -1.17. The van der Waals surface area contributed by atoms with Gasteiger partial charge in [0.1, 0.15) is 0 Å². The van der Waals surface area contributed by atoms with E-state index < -0.39 is 0 Å². The highest BCUT2D eigenvalue weighted by atomic mass is 15.6. The maximum Gasteiger partial charge on any atom is 0.286 e. The van der Waals surface area contributed by atoms with E-state index in [2.05, 4.69) is 30.6 Å². The number of hydrogen-bond acceptors (Lipinski definition) is 4. The van der Waals surface area contributed by atoms with Crippen LogP contribution in [0.5, 0.6) is 0 Å². The summed E-state index contributed by atoms with van der Waals surface area (Å²) >= 11 is 0. The Labute approximate surface area is 71.1 Å². The number of guanidine groups is 1. The minimum absolute atomic E-state index is 0.383. The van der Waals surface area contributed by atoms with E-state index in [9.17, 15) is 0 Å². The lowest BCUT2D eigenvalue weighted by molar-refractivity contribution is 0.403. The lowest BCUT2D eigenvalue weighted by atomic mass is 10.4. The Kier molecular flexibility index (Phi) is 3.46. The Bertz CT molecular complexity index is 202. The maximum atomic E-state index is 4.06. The second-order valence-corrected chi connectivity index (χ2v) is 2.72. The molecule has 6 heteroatoms. The van der Waals surface area contributed by atoms with Gasteiger partial charge in [-0.25, -0.2) is 4.99 Å². The van der Waals surface area contributed by atoms with E-state index in [4.69, 9.17) is 0 Å². The third kappa shape index (κ3) is 3.29. The van der Waals surface area contributed by atoms with Crippen molar-refractivity contribution in [2.75, 3.05) is 27.2 Å². The van der Waals surface area contributed by atoms with E-state index in [-0.39, 0.29) is 0 Å². The van der Waals surface area contributed by atoms with Crippen molar-refractivity contribution >= 4 is 5.96 Å². The topological polar surface area (TPSA) is 65.0 Å². The smallest absolute Gasteiger partial charge is 0.286 e. The molecule has 0 unspecified atom stereocenters. The van der Waals surface area contributed by atoms with Crippen LogP contribution in [-0.2, 0) is 0 Å². The molecule has 0 fully saturated rings. The molecule has 1 aliphatic rings. The van der Waals surface area contributed by atoms with Crippen LogP contribution in [0.4, 0.5) is 0 Å². The maximum absolute atomic E-state index is 4.06. The number of hydrogen-bond donors (Lipinski definition) is 0. The molecule has 0 atom stereocenters. The van der Waals surface area contributed by atoms with Gasteiger partial charge in [0.05, 0.1) is 0 Å². The molecule has 0 N–H and O–H groups in total. The Morgan fingerprint density at radius 1 is 1.25 bits per heavy atom. The van der Waals surface area contributed by atoms with Crippen molar-refractivity contribution in [3.63, 3.8) is 0 Å². The van der Waals surface area contributed by atoms with Crippen molar-refractivity contribution in [1.29, 1.82) is 0 Å². The molecule has 0 aromatic rings. The molecule has 1 aliphatic heterocycles. The van der Waals surface area contributed by atoms with E-state index in [0.29, 0.717) is 5.96 Å². The summed E-state index contributed by atoms with van der Waals surface area (Å²) in [7, 11) is 4.06. The first kappa shape index (κ1) is 8.92. The van der Waals surface area contributed by atoms with Crippen molar-refractivity contribution < 1.29 is 0 Å². The van der Waals surface area contributed by atoms with Crippen molar-refractivity contribution in [3.8, 4) is 0 Å². The molecule has 0 spiro atoms. The zero-order valence-corrected chi connectivity index (χ0v) is 7.30. The van der Waals surface area contributed by atoms with Gasteiger partial charge in [0.2, 0.25) is 0 Å². The zero-order chi connectivity index (χ0) is 8.81. The van der Waals surface area contributed by atoms with E-state index in [0.717, 1.165) is 19.5 Å². The van der Waals surface area contributed by atoms with Crippen LogP contribution in [-0.4, -0.2) is 38.0 Å². The summed E-state index contributed by atoms with van der Waals surface area (Å²) in [6.07, 6.45) is 1.00. The molecule has 0 radical (unpaired) electrons. The average molecular weight is 168 g/mol. The van der Waals surface area contributed by atoms with Gasteiger partial charge in [-0.15, -0.1) is 0 Å². The molecule has 1 heterocycles. The number of aliphatic imine (C=N–C) groups is 1. The summed E-state index contributed by atoms with van der Waals surface area (Å²) in [6, 6.07) is 0. The average Bonchev–Trinajstić information content (AvgIpc) is 2.49. The van der Waals surface area contributed by atoms with Gasteiger partial charge < -0.3 is 4.90 Å². The highest BCUT2D eigenvalue weighted by Crippen LogP contribution is 1.97. The van der Waals surface area contributed by atoms with Crippen LogP contribution in [0, 0.1) is 0 Å². The Balaban J connectivity index is 2.13. The quantitative estimate of drug-likeness (QED) is 0.580. The normalized spacial score (nSPS) is 14.8. The van der Waals surface area contributed by atoms with Crippen molar-refractivity contribution in [2.45, 2.75) is 6.42 Å². The van der Waals surface area contributed by atoms with Gasteiger partial charge in [-0.1, -0.05) is 10.2 Å². The molecular formula is C6H12N6. The molecule has 0 aromatic carbocycles. The molecule has 0 saturated carbocycles. The fourth-order valence-corrected chi connectivity index (χ4v) is 0.769. The standard InChI is InChI=1S/C6H12N6/c1-12(2)5-3-4-7-6-8-10-11-9-6/h3-5H2,1-2H3. The minimum Gasteiger partial charge on any atom is -0.309 e. The van der Waals surface area contributed by atoms with Gasteiger partial charge in [0.25, 0.3) is 5.96 Å². The highest BCUT2D eigenvalue weighted by molar-refractivity contribution is 5.81. The molecule has 12 heavy (non-hydrogen) atoms. The van der Waals surface area contributed by atoms with Crippen LogP contribution in [0.1, 0.15) is 6.42 Å². The van der Waals surface area contributed by atoms with Gasteiger partial charge >= 0.3 is 0 Å². The first-order valence-corrected chi connectivity index (χ1v) is 3.80. The minimum atomic E-state index is 0.383. The van der Waals surface area contributed by atoms with Gasteiger partial charge in [-0.2, -0.15) is 0 Å². The van der Waals surface area contributed by atoms with E-state index >= 15 is 0 Å². The Morgan fingerprint density at radius 3 is 2.50 bits per heavy atom. The molecular weight excluding hydrogens is 156 g/mol. The summed E-state index contributed by atoms with van der Waals surface area (Å²) in [5.41, 5.74) is 0. The summed E-state index contributed by atoms with van der Waals surface area (Å²) in [4.78, 5) is 6.17. The monoisotopic (exact) mass is 168 g/mol. The first-order valence-electron chi connectivity index (χ1n) is 3.80. The van der Waals surface area contributed by atoms with Gasteiger partial charge in [0, 0.05) is 6.54 Å². The molecule has 0 amide bonds. The fourth-order valence-electron chi connectivity index (χ4n) is 0.769.